The van der Waals surface area contributed by atoms with Gasteiger partial charge < -0.3 is 14.7 Å². The van der Waals surface area contributed by atoms with E-state index in [1.807, 2.05) is 0 Å². The number of methoxy groups -OCH3 is 1. The lowest BCUT2D eigenvalue weighted by Crippen LogP contribution is -2.72. The van der Waals surface area contributed by atoms with Gasteiger partial charge in [-0.3, -0.25) is 4.79 Å². The number of rotatable bonds is 2. The molecule has 18 heavy (non-hydrogen) atoms. The zero-order valence-electron chi connectivity index (χ0n) is 9.88. The largest absolute Gasteiger partial charge is 0.480 e. The van der Waals surface area contributed by atoms with E-state index in [0.29, 0.717) is 0 Å². The number of β-lactam (4-membered cyclic amide) rings is 1. The van der Waals surface area contributed by atoms with E-state index in [4.69, 9.17) is 9.84 Å². The fraction of sp³-hybridized carbons (Fsp3) is 0.778. The summed E-state index contributed by atoms with van der Waals surface area (Å²) in [6, 6.07) is -1.40. The zero-order chi connectivity index (χ0) is 14.1. The molecule has 1 amide bonds. The van der Waals surface area contributed by atoms with Gasteiger partial charge in [-0.2, -0.15) is 0 Å². The summed E-state index contributed by atoms with van der Waals surface area (Å²) < 4.78 is 26.4. The van der Waals surface area contributed by atoms with Gasteiger partial charge in [0.2, 0.25) is 4.51 Å². The Morgan fingerprint density at radius 1 is 1.50 bits per heavy atom. The van der Waals surface area contributed by atoms with Gasteiger partial charge in [0.15, 0.2) is 15.2 Å². The molecule has 0 aromatic rings. The monoisotopic (exact) mass is 341 g/mol. The van der Waals surface area contributed by atoms with E-state index < -0.39 is 42.4 Å². The van der Waals surface area contributed by atoms with Crippen molar-refractivity contribution in [2.24, 2.45) is 0 Å². The smallest absolute Gasteiger partial charge is 0.328 e. The molecule has 2 saturated heterocycles. The van der Waals surface area contributed by atoms with Crippen molar-refractivity contribution >= 4 is 37.6 Å². The predicted octanol–water partition coefficient (Wildman–Crippen LogP) is -0.447. The number of hydrogen-bond donors (Lipinski definition) is 1. The summed E-state index contributed by atoms with van der Waals surface area (Å²) in [5.41, 5.74) is 0. The molecule has 2 aliphatic rings. The van der Waals surface area contributed by atoms with Crippen molar-refractivity contribution in [1.29, 1.82) is 0 Å². The normalized spacial score (nSPS) is 40.2. The van der Waals surface area contributed by atoms with Crippen LogP contribution in [0.2, 0.25) is 0 Å². The number of alkyl halides is 1. The molecule has 9 heteroatoms. The van der Waals surface area contributed by atoms with E-state index in [-0.39, 0.29) is 0 Å². The second kappa shape index (κ2) is 3.45. The molecule has 2 aliphatic heterocycles. The van der Waals surface area contributed by atoms with Gasteiger partial charge in [0.1, 0.15) is 10.8 Å². The molecule has 0 bridgehead atoms. The molecule has 7 nitrogen and oxygen atoms in total. The lowest BCUT2D eigenvalue weighted by molar-refractivity contribution is -0.176. The first kappa shape index (κ1) is 13.8. The Labute approximate surface area is 112 Å². The number of carbonyl (C=O) groups is 2. The van der Waals surface area contributed by atoms with Crippen LogP contribution in [0.15, 0.2) is 0 Å². The van der Waals surface area contributed by atoms with Crippen molar-refractivity contribution in [1.82, 2.24) is 4.90 Å². The SMILES string of the molecule is CO[C@@]1(Br)C(=O)N2[C@@H](C(=O)O)C(C)(C)S(=O)(=O)[C@@H]21. The molecule has 0 spiro atoms. The minimum Gasteiger partial charge on any atom is -0.480 e. The molecule has 0 aromatic carbocycles. The van der Waals surface area contributed by atoms with E-state index >= 15 is 0 Å². The number of hydrogen-bond acceptors (Lipinski definition) is 5. The Kier molecular flexibility index (Phi) is 2.64. The Morgan fingerprint density at radius 2 is 2.00 bits per heavy atom. The summed E-state index contributed by atoms with van der Waals surface area (Å²) in [6.45, 7) is 2.60. The topological polar surface area (TPSA) is 101 Å². The van der Waals surface area contributed by atoms with Crippen LogP contribution in [0.5, 0.6) is 0 Å². The molecule has 2 heterocycles. The standard InChI is InChI=1S/C9H12BrNO6S/c1-8(2)4(5(12)13)11-6(14)9(10,17-3)7(11)18(8,15)16/h4,7H,1-3H3,(H,12,13)/t4-,7+,9-/m0/s1. The Balaban J connectivity index is 2.63. The van der Waals surface area contributed by atoms with Gasteiger partial charge in [0.25, 0.3) is 5.91 Å². The maximum atomic E-state index is 12.3. The Hall–Kier alpha value is -0.670. The first-order chi connectivity index (χ1) is 8.03. The molecule has 102 valence electrons. The molecular formula is C9H12BrNO6S. The van der Waals surface area contributed by atoms with E-state index in [1.54, 1.807) is 0 Å². The summed E-state index contributed by atoms with van der Waals surface area (Å²) in [7, 11) is -2.67. The van der Waals surface area contributed by atoms with Crippen LogP contribution in [0.1, 0.15) is 13.8 Å². The molecule has 0 saturated carbocycles. The molecule has 1 N–H and O–H groups in total. The van der Waals surface area contributed by atoms with Crippen LogP contribution in [-0.4, -0.2) is 58.1 Å². The summed E-state index contributed by atoms with van der Waals surface area (Å²) in [5.74, 6) is -2.03. The van der Waals surface area contributed by atoms with E-state index in [0.717, 1.165) is 4.90 Å². The third-order valence-corrected chi connectivity index (χ3v) is 7.83. The van der Waals surface area contributed by atoms with Crippen molar-refractivity contribution in [3.8, 4) is 0 Å². The van der Waals surface area contributed by atoms with Crippen LogP contribution in [0, 0.1) is 0 Å². The van der Waals surface area contributed by atoms with Crippen molar-refractivity contribution in [2.45, 2.75) is 34.5 Å². The van der Waals surface area contributed by atoms with Gasteiger partial charge in [-0.1, -0.05) is 0 Å². The van der Waals surface area contributed by atoms with Gasteiger partial charge in [-0.25, -0.2) is 13.2 Å². The molecule has 0 radical (unpaired) electrons. The van der Waals surface area contributed by atoms with Gasteiger partial charge in [0, 0.05) is 7.11 Å². The van der Waals surface area contributed by atoms with E-state index in [1.165, 1.54) is 21.0 Å². The fourth-order valence-electron chi connectivity index (χ4n) is 2.49. The molecule has 3 atom stereocenters. The van der Waals surface area contributed by atoms with Crippen LogP contribution in [-0.2, 0) is 24.2 Å². The fourth-order valence-corrected chi connectivity index (χ4v) is 5.86. The van der Waals surface area contributed by atoms with Crippen LogP contribution < -0.4 is 0 Å². The number of carboxylic acids is 1. The van der Waals surface area contributed by atoms with Gasteiger partial charge >= 0.3 is 5.97 Å². The second-order valence-electron chi connectivity index (χ2n) is 4.80. The first-order valence-electron chi connectivity index (χ1n) is 5.06. The van der Waals surface area contributed by atoms with Crippen molar-refractivity contribution in [3.63, 3.8) is 0 Å². The van der Waals surface area contributed by atoms with Gasteiger partial charge in [-0.15, -0.1) is 0 Å². The average molecular weight is 342 g/mol. The van der Waals surface area contributed by atoms with Gasteiger partial charge in [0.05, 0.1) is 0 Å². The molecular weight excluding hydrogens is 330 g/mol. The number of fused-ring (bicyclic) bond motifs is 1. The number of nitrogens with zero attached hydrogens (tertiary/aromatic N) is 1. The van der Waals surface area contributed by atoms with E-state index in [2.05, 4.69) is 15.9 Å². The maximum absolute atomic E-state index is 12.3. The molecule has 0 aromatic heterocycles. The molecule has 0 aliphatic carbocycles. The number of ether oxygens (including phenoxy) is 1. The average Bonchev–Trinajstić information content (AvgIpc) is 2.40. The first-order valence-corrected chi connectivity index (χ1v) is 7.40. The van der Waals surface area contributed by atoms with Crippen LogP contribution in [0.3, 0.4) is 0 Å². The van der Waals surface area contributed by atoms with E-state index in [9.17, 15) is 18.0 Å². The van der Waals surface area contributed by atoms with Crippen LogP contribution in [0.4, 0.5) is 0 Å². The summed E-state index contributed by atoms with van der Waals surface area (Å²) >= 11 is 2.96. The summed E-state index contributed by atoms with van der Waals surface area (Å²) in [6.07, 6.45) is 0. The number of sulfone groups is 1. The van der Waals surface area contributed by atoms with Crippen LogP contribution >= 0.6 is 15.9 Å². The van der Waals surface area contributed by atoms with Crippen molar-refractivity contribution in [2.75, 3.05) is 7.11 Å². The summed E-state index contributed by atoms with van der Waals surface area (Å²) in [4.78, 5) is 24.0. The maximum Gasteiger partial charge on any atom is 0.328 e. The molecule has 0 unspecified atom stereocenters. The minimum atomic E-state index is -3.86. The quantitative estimate of drug-likeness (QED) is 0.539. The predicted molar refractivity (Wildman–Crippen MR) is 63.7 cm³/mol. The highest BCUT2D eigenvalue weighted by Crippen LogP contribution is 2.54. The highest BCUT2D eigenvalue weighted by molar-refractivity contribution is 9.10. The van der Waals surface area contributed by atoms with Gasteiger partial charge in [-0.05, 0) is 29.8 Å². The highest BCUT2D eigenvalue weighted by atomic mass is 79.9. The Bertz CT molecular complexity index is 543. The highest BCUT2D eigenvalue weighted by Gasteiger charge is 2.78. The second-order valence-corrected chi connectivity index (χ2v) is 8.57. The number of halogens is 1. The number of carboxylic acid groups (broad SMARTS) is 1. The lowest BCUT2D eigenvalue weighted by atomic mass is 9.97. The summed E-state index contributed by atoms with van der Waals surface area (Å²) in [5, 5.41) is 7.84. The minimum absolute atomic E-state index is 0.684. The zero-order valence-corrected chi connectivity index (χ0v) is 12.3. The Morgan fingerprint density at radius 3 is 2.39 bits per heavy atom. The third kappa shape index (κ3) is 1.19. The molecule has 2 fully saturated rings. The van der Waals surface area contributed by atoms with Crippen molar-refractivity contribution < 1.29 is 27.9 Å². The third-order valence-electron chi connectivity index (χ3n) is 3.59. The lowest BCUT2D eigenvalue weighted by Gasteiger charge is -2.47. The van der Waals surface area contributed by atoms with Crippen LogP contribution in [0.25, 0.3) is 0 Å². The number of aliphatic carboxylic acids is 1. The number of amides is 1. The van der Waals surface area contributed by atoms with Crippen molar-refractivity contribution in [3.05, 3.63) is 0 Å². The number of carbonyl (C=O) groups excluding carboxylic acids is 1. The molecule has 2 rings (SSSR count).